The smallest absolute Gasteiger partial charge is 0.230 e. The van der Waals surface area contributed by atoms with Crippen LogP contribution in [0.25, 0.3) is 0 Å². The van der Waals surface area contributed by atoms with Crippen LogP contribution in [0.15, 0.2) is 28.7 Å². The third-order valence-electron chi connectivity index (χ3n) is 3.51. The van der Waals surface area contributed by atoms with Gasteiger partial charge in [-0.05, 0) is 30.0 Å². The molecule has 0 aromatic heterocycles. The number of rotatable bonds is 3. The Hall–Kier alpha value is -1.16. The highest BCUT2D eigenvalue weighted by molar-refractivity contribution is 9.10. The number of amides is 2. The van der Waals surface area contributed by atoms with Crippen LogP contribution in [0.3, 0.4) is 0 Å². The maximum atomic E-state index is 12.0. The van der Waals surface area contributed by atoms with E-state index in [9.17, 15) is 9.59 Å². The van der Waals surface area contributed by atoms with Crippen LogP contribution in [0.2, 0.25) is 0 Å². The third kappa shape index (κ3) is 3.44. The fourth-order valence-corrected chi connectivity index (χ4v) is 2.91. The van der Waals surface area contributed by atoms with E-state index in [1.165, 1.54) is 0 Å². The summed E-state index contributed by atoms with van der Waals surface area (Å²) in [5, 5.41) is 2.46. The first-order chi connectivity index (χ1) is 8.97. The Bertz CT molecular complexity index is 481. The third-order valence-corrected chi connectivity index (χ3v) is 4.04. The Kier molecular flexibility index (Phi) is 4.40. The topological polar surface area (TPSA) is 46.2 Å². The summed E-state index contributed by atoms with van der Waals surface area (Å²) >= 11 is 3.40. The molecule has 1 saturated heterocycles. The summed E-state index contributed by atoms with van der Waals surface area (Å²) in [6.07, 6.45) is 1.20. The van der Waals surface area contributed by atoms with Crippen LogP contribution in [0, 0.1) is 11.8 Å². The van der Waals surface area contributed by atoms with E-state index in [2.05, 4.69) is 35.1 Å². The van der Waals surface area contributed by atoms with E-state index in [4.69, 9.17) is 0 Å². The Labute approximate surface area is 121 Å². The molecule has 0 spiro atoms. The van der Waals surface area contributed by atoms with E-state index < -0.39 is 0 Å². The molecular formula is C15H18BrNO2. The van der Waals surface area contributed by atoms with Crippen molar-refractivity contribution in [3.63, 3.8) is 0 Å². The summed E-state index contributed by atoms with van der Waals surface area (Å²) in [4.78, 5) is 23.7. The molecule has 1 aromatic carbocycles. The van der Waals surface area contributed by atoms with Gasteiger partial charge in [0.25, 0.3) is 0 Å². The monoisotopic (exact) mass is 323 g/mol. The van der Waals surface area contributed by atoms with E-state index in [1.54, 1.807) is 0 Å². The van der Waals surface area contributed by atoms with Crippen LogP contribution in [0.4, 0.5) is 0 Å². The molecule has 1 aromatic rings. The molecule has 3 nitrogen and oxygen atoms in total. The SMILES string of the molecule is CC(C)CC1C(=O)NC(=O)CC1c1ccc(Br)cc1. The van der Waals surface area contributed by atoms with Crippen molar-refractivity contribution in [2.75, 3.05) is 0 Å². The first-order valence-electron chi connectivity index (χ1n) is 6.56. The molecule has 19 heavy (non-hydrogen) atoms. The zero-order chi connectivity index (χ0) is 14.0. The zero-order valence-electron chi connectivity index (χ0n) is 11.2. The van der Waals surface area contributed by atoms with Crippen molar-refractivity contribution in [3.05, 3.63) is 34.3 Å². The number of nitrogens with one attached hydrogen (secondary N) is 1. The molecular weight excluding hydrogens is 306 g/mol. The first kappa shape index (κ1) is 14.3. The average molecular weight is 324 g/mol. The Balaban J connectivity index is 2.29. The lowest BCUT2D eigenvalue weighted by molar-refractivity contribution is -0.137. The van der Waals surface area contributed by atoms with Gasteiger partial charge < -0.3 is 0 Å². The molecule has 102 valence electrons. The van der Waals surface area contributed by atoms with Gasteiger partial charge in [0.05, 0.1) is 0 Å². The lowest BCUT2D eigenvalue weighted by Crippen LogP contribution is -2.45. The second kappa shape index (κ2) is 5.87. The summed E-state index contributed by atoms with van der Waals surface area (Å²) in [6, 6.07) is 7.90. The number of piperidine rings is 1. The molecule has 1 heterocycles. The van der Waals surface area contributed by atoms with Crippen LogP contribution < -0.4 is 5.32 Å². The number of halogens is 1. The van der Waals surface area contributed by atoms with Crippen molar-refractivity contribution < 1.29 is 9.59 Å². The van der Waals surface area contributed by atoms with Crippen molar-refractivity contribution in [1.29, 1.82) is 0 Å². The minimum atomic E-state index is -0.169. The van der Waals surface area contributed by atoms with Crippen molar-refractivity contribution in [2.45, 2.75) is 32.6 Å². The predicted octanol–water partition coefficient (Wildman–Crippen LogP) is 3.24. The largest absolute Gasteiger partial charge is 0.296 e. The van der Waals surface area contributed by atoms with Crippen LogP contribution in [0.5, 0.6) is 0 Å². The summed E-state index contributed by atoms with van der Waals surface area (Å²) < 4.78 is 1.00. The van der Waals surface area contributed by atoms with Gasteiger partial charge in [-0.2, -0.15) is 0 Å². The molecule has 1 fully saturated rings. The highest BCUT2D eigenvalue weighted by Crippen LogP contribution is 2.35. The van der Waals surface area contributed by atoms with Crippen LogP contribution in [-0.4, -0.2) is 11.8 Å². The fraction of sp³-hybridized carbons (Fsp3) is 0.467. The van der Waals surface area contributed by atoms with Crippen molar-refractivity contribution >= 4 is 27.7 Å². The molecule has 4 heteroatoms. The number of carbonyl (C=O) groups is 2. The number of carbonyl (C=O) groups excluding carboxylic acids is 2. The van der Waals surface area contributed by atoms with Gasteiger partial charge in [0.15, 0.2) is 0 Å². The van der Waals surface area contributed by atoms with E-state index in [1.807, 2.05) is 24.3 Å². The minimum absolute atomic E-state index is 0.00301. The van der Waals surface area contributed by atoms with Crippen molar-refractivity contribution in [1.82, 2.24) is 5.32 Å². The number of benzene rings is 1. The van der Waals surface area contributed by atoms with Crippen molar-refractivity contribution in [3.8, 4) is 0 Å². The average Bonchev–Trinajstić information content (AvgIpc) is 2.33. The molecule has 2 amide bonds. The summed E-state index contributed by atoms with van der Waals surface area (Å²) in [5.41, 5.74) is 1.07. The highest BCUT2D eigenvalue weighted by Gasteiger charge is 2.36. The van der Waals surface area contributed by atoms with E-state index >= 15 is 0 Å². The highest BCUT2D eigenvalue weighted by atomic mass is 79.9. The second-order valence-electron chi connectivity index (χ2n) is 5.51. The van der Waals surface area contributed by atoms with Gasteiger partial charge in [-0.25, -0.2) is 0 Å². The second-order valence-corrected chi connectivity index (χ2v) is 6.43. The molecule has 0 radical (unpaired) electrons. The molecule has 2 rings (SSSR count). The van der Waals surface area contributed by atoms with Gasteiger partial charge in [0, 0.05) is 22.7 Å². The molecule has 1 aliphatic heterocycles. The molecule has 0 saturated carbocycles. The zero-order valence-corrected chi connectivity index (χ0v) is 12.7. The Morgan fingerprint density at radius 2 is 1.89 bits per heavy atom. The number of hydrogen-bond acceptors (Lipinski definition) is 2. The lowest BCUT2D eigenvalue weighted by atomic mass is 9.76. The summed E-state index contributed by atoms with van der Waals surface area (Å²) in [6.45, 7) is 4.20. The molecule has 0 bridgehead atoms. The van der Waals surface area contributed by atoms with Gasteiger partial charge in [-0.15, -0.1) is 0 Å². The number of hydrogen-bond donors (Lipinski definition) is 1. The predicted molar refractivity (Wildman–Crippen MR) is 77.6 cm³/mol. The Morgan fingerprint density at radius 1 is 1.26 bits per heavy atom. The van der Waals surface area contributed by atoms with Crippen LogP contribution >= 0.6 is 15.9 Å². The summed E-state index contributed by atoms with van der Waals surface area (Å²) in [7, 11) is 0. The van der Waals surface area contributed by atoms with Crippen molar-refractivity contribution in [2.24, 2.45) is 11.8 Å². The fourth-order valence-electron chi connectivity index (χ4n) is 2.65. The molecule has 1 N–H and O–H groups in total. The van der Waals surface area contributed by atoms with Gasteiger partial charge in [0.1, 0.15) is 0 Å². The van der Waals surface area contributed by atoms with E-state index in [0.717, 1.165) is 16.5 Å². The van der Waals surface area contributed by atoms with Gasteiger partial charge in [-0.1, -0.05) is 41.9 Å². The van der Waals surface area contributed by atoms with Crippen LogP contribution in [-0.2, 0) is 9.59 Å². The Morgan fingerprint density at radius 3 is 2.47 bits per heavy atom. The molecule has 0 aliphatic carbocycles. The van der Waals surface area contributed by atoms with Gasteiger partial charge in [0.2, 0.25) is 11.8 Å². The first-order valence-corrected chi connectivity index (χ1v) is 7.36. The maximum Gasteiger partial charge on any atom is 0.230 e. The van der Waals surface area contributed by atoms with Gasteiger partial charge in [-0.3, -0.25) is 14.9 Å². The molecule has 2 unspecified atom stereocenters. The maximum absolute atomic E-state index is 12.0. The molecule has 2 atom stereocenters. The lowest BCUT2D eigenvalue weighted by Gasteiger charge is -2.31. The van der Waals surface area contributed by atoms with Crippen LogP contribution in [0.1, 0.15) is 38.2 Å². The summed E-state index contributed by atoms with van der Waals surface area (Å²) in [5.74, 6) is 0.0216. The normalized spacial score (nSPS) is 23.6. The van der Waals surface area contributed by atoms with Gasteiger partial charge >= 0.3 is 0 Å². The van der Waals surface area contributed by atoms with E-state index in [0.29, 0.717) is 12.3 Å². The number of imide groups is 1. The quantitative estimate of drug-likeness (QED) is 0.868. The standard InChI is InChI=1S/C15H18BrNO2/c1-9(2)7-13-12(8-14(18)17-15(13)19)10-3-5-11(16)6-4-10/h3-6,9,12-13H,7-8H2,1-2H3,(H,17,18,19). The van der Waals surface area contributed by atoms with E-state index in [-0.39, 0.29) is 23.7 Å². The molecule has 1 aliphatic rings. The minimum Gasteiger partial charge on any atom is -0.296 e.